The van der Waals surface area contributed by atoms with Crippen molar-refractivity contribution in [3.63, 3.8) is 0 Å². The van der Waals surface area contributed by atoms with E-state index in [0.717, 1.165) is 11.1 Å². The number of halogens is 1. The monoisotopic (exact) mass is 378 g/mol. The number of rotatable bonds is 5. The first-order valence-corrected chi connectivity index (χ1v) is 9.57. The topological polar surface area (TPSA) is 40.6 Å². The molecule has 1 aliphatic heterocycles. The molecule has 1 aliphatic carbocycles. The molecule has 0 unspecified atom stereocenters. The summed E-state index contributed by atoms with van der Waals surface area (Å²) in [6.07, 6.45) is 5.25. The second-order valence-electron chi connectivity index (χ2n) is 7.52. The van der Waals surface area contributed by atoms with Crippen molar-refractivity contribution in [2.75, 3.05) is 13.7 Å². The van der Waals surface area contributed by atoms with Crippen LogP contribution in [0.15, 0.2) is 66.7 Å². The van der Waals surface area contributed by atoms with Crippen molar-refractivity contribution >= 4 is 11.8 Å². The molecule has 2 aromatic rings. The molecular weight excluding hydrogens is 355 g/mol. The van der Waals surface area contributed by atoms with Gasteiger partial charge in [0.2, 0.25) is 11.8 Å². The lowest BCUT2D eigenvalue weighted by molar-refractivity contribution is -0.142. The maximum Gasteiger partial charge on any atom is 0.234 e. The lowest BCUT2D eigenvalue weighted by atomic mass is 9.85. The zero-order valence-corrected chi connectivity index (χ0v) is 15.8. The van der Waals surface area contributed by atoms with E-state index >= 15 is 0 Å². The maximum absolute atomic E-state index is 13.4. The highest BCUT2D eigenvalue weighted by Crippen LogP contribution is 2.36. The molecule has 28 heavy (non-hydrogen) atoms. The highest BCUT2D eigenvalue weighted by molar-refractivity contribution is 6.05. The standard InChI is InChI=1S/C23H23FN2O2/c1-25(15-26-22(27)19-9-5-6-10-20(19)23(26)28)21(16-7-3-2-4-8-16)17-11-13-18(24)14-12-17/h2-8,11-14,19-21H,9-10,15H2,1H3/t19-,20+,21-/m0/s1. The summed E-state index contributed by atoms with van der Waals surface area (Å²) in [7, 11) is 1.89. The van der Waals surface area contributed by atoms with Gasteiger partial charge in [-0.3, -0.25) is 19.4 Å². The van der Waals surface area contributed by atoms with Gasteiger partial charge in [0.15, 0.2) is 0 Å². The minimum atomic E-state index is -0.292. The molecule has 0 bridgehead atoms. The summed E-state index contributed by atoms with van der Waals surface area (Å²) in [5.74, 6) is -0.923. The summed E-state index contributed by atoms with van der Waals surface area (Å²) < 4.78 is 13.4. The smallest absolute Gasteiger partial charge is 0.234 e. The first-order chi connectivity index (χ1) is 13.6. The molecule has 3 atom stereocenters. The van der Waals surface area contributed by atoms with E-state index in [9.17, 15) is 14.0 Å². The maximum atomic E-state index is 13.4. The molecule has 144 valence electrons. The summed E-state index contributed by atoms with van der Waals surface area (Å²) in [6, 6.07) is 16.0. The van der Waals surface area contributed by atoms with Crippen LogP contribution in [0.5, 0.6) is 0 Å². The lowest BCUT2D eigenvalue weighted by Gasteiger charge is -2.32. The van der Waals surface area contributed by atoms with Gasteiger partial charge in [0.25, 0.3) is 0 Å². The van der Waals surface area contributed by atoms with Crippen molar-refractivity contribution in [1.29, 1.82) is 0 Å². The van der Waals surface area contributed by atoms with Crippen LogP contribution in [0.4, 0.5) is 4.39 Å². The third kappa shape index (κ3) is 3.38. The highest BCUT2D eigenvalue weighted by Gasteiger charge is 2.47. The van der Waals surface area contributed by atoms with E-state index in [0.29, 0.717) is 12.8 Å². The van der Waals surface area contributed by atoms with Crippen molar-refractivity contribution in [2.24, 2.45) is 11.8 Å². The second-order valence-corrected chi connectivity index (χ2v) is 7.52. The summed E-state index contributed by atoms with van der Waals surface area (Å²) in [4.78, 5) is 29.0. The fourth-order valence-corrected chi connectivity index (χ4v) is 4.29. The van der Waals surface area contributed by atoms with Crippen molar-refractivity contribution in [3.8, 4) is 0 Å². The summed E-state index contributed by atoms with van der Waals surface area (Å²) in [5.41, 5.74) is 1.93. The second kappa shape index (κ2) is 7.68. The van der Waals surface area contributed by atoms with Gasteiger partial charge < -0.3 is 0 Å². The summed E-state index contributed by atoms with van der Waals surface area (Å²) in [6.45, 7) is 0.210. The largest absolute Gasteiger partial charge is 0.277 e. The molecule has 4 nitrogen and oxygen atoms in total. The van der Waals surface area contributed by atoms with Gasteiger partial charge >= 0.3 is 0 Å². The first kappa shape index (κ1) is 18.6. The zero-order chi connectivity index (χ0) is 19.7. The van der Waals surface area contributed by atoms with Crippen LogP contribution in [-0.4, -0.2) is 35.3 Å². The number of amides is 2. The van der Waals surface area contributed by atoms with Crippen LogP contribution in [0.3, 0.4) is 0 Å². The molecular formula is C23H23FN2O2. The normalized spacial score (nSPS) is 22.6. The molecule has 5 heteroatoms. The molecule has 0 saturated carbocycles. The van der Waals surface area contributed by atoms with Gasteiger partial charge in [0, 0.05) is 0 Å². The SMILES string of the molecule is CN(CN1C(=O)[C@H]2CC=CC[C@H]2C1=O)[C@@H](c1ccccc1)c1ccc(F)cc1. The van der Waals surface area contributed by atoms with E-state index in [1.165, 1.54) is 17.0 Å². The molecule has 4 rings (SSSR count). The highest BCUT2D eigenvalue weighted by atomic mass is 19.1. The van der Waals surface area contributed by atoms with Crippen LogP contribution >= 0.6 is 0 Å². The Labute approximate surface area is 164 Å². The Bertz CT molecular complexity index is 869. The molecule has 2 aromatic carbocycles. The van der Waals surface area contributed by atoms with Crippen LogP contribution < -0.4 is 0 Å². The fraction of sp³-hybridized carbons (Fsp3) is 0.304. The van der Waals surface area contributed by atoms with Gasteiger partial charge in [-0.05, 0) is 43.1 Å². The van der Waals surface area contributed by atoms with E-state index in [2.05, 4.69) is 0 Å². The van der Waals surface area contributed by atoms with E-state index in [1.54, 1.807) is 12.1 Å². The number of likely N-dealkylation sites (tertiary alicyclic amines) is 1. The molecule has 2 aliphatic rings. The van der Waals surface area contributed by atoms with Gasteiger partial charge in [0.05, 0.1) is 24.5 Å². The Balaban J connectivity index is 1.61. The van der Waals surface area contributed by atoms with Gasteiger partial charge in [-0.25, -0.2) is 4.39 Å². The van der Waals surface area contributed by atoms with Crippen molar-refractivity contribution in [1.82, 2.24) is 9.80 Å². The fourth-order valence-electron chi connectivity index (χ4n) is 4.29. The van der Waals surface area contributed by atoms with Crippen LogP contribution in [0.1, 0.15) is 30.0 Å². The van der Waals surface area contributed by atoms with E-state index < -0.39 is 0 Å². The number of fused-ring (bicyclic) bond motifs is 1. The third-order valence-electron chi connectivity index (χ3n) is 5.71. The Morgan fingerprint density at radius 2 is 1.46 bits per heavy atom. The molecule has 2 amide bonds. The number of carbonyl (C=O) groups is 2. The first-order valence-electron chi connectivity index (χ1n) is 9.57. The Hall–Kier alpha value is -2.79. The molecule has 1 heterocycles. The number of hydrogen-bond donors (Lipinski definition) is 0. The predicted octanol–water partition coefficient (Wildman–Crippen LogP) is 3.76. The molecule has 1 saturated heterocycles. The van der Waals surface area contributed by atoms with E-state index in [-0.39, 0.29) is 42.2 Å². The van der Waals surface area contributed by atoms with Gasteiger partial charge in [0.1, 0.15) is 5.82 Å². The minimum absolute atomic E-state index is 0.0860. The third-order valence-corrected chi connectivity index (χ3v) is 5.71. The molecule has 0 spiro atoms. The van der Waals surface area contributed by atoms with Crippen LogP contribution in [0.25, 0.3) is 0 Å². The van der Waals surface area contributed by atoms with Gasteiger partial charge in [-0.1, -0.05) is 54.6 Å². The van der Waals surface area contributed by atoms with Gasteiger partial charge in [-0.15, -0.1) is 0 Å². The molecule has 0 radical (unpaired) electrons. The van der Waals surface area contributed by atoms with E-state index in [1.807, 2.05) is 54.4 Å². The van der Waals surface area contributed by atoms with E-state index in [4.69, 9.17) is 0 Å². The number of imide groups is 1. The van der Waals surface area contributed by atoms with Gasteiger partial charge in [-0.2, -0.15) is 0 Å². The number of carbonyl (C=O) groups excluding carboxylic acids is 2. The Morgan fingerprint density at radius 1 is 0.929 bits per heavy atom. The number of nitrogens with zero attached hydrogens (tertiary/aromatic N) is 2. The van der Waals surface area contributed by atoms with Crippen LogP contribution in [0.2, 0.25) is 0 Å². The van der Waals surface area contributed by atoms with Crippen molar-refractivity contribution in [2.45, 2.75) is 18.9 Å². The quantitative estimate of drug-likeness (QED) is 0.588. The summed E-state index contributed by atoms with van der Waals surface area (Å²) in [5, 5.41) is 0. The van der Waals surface area contributed by atoms with Crippen LogP contribution in [0, 0.1) is 17.7 Å². The number of hydrogen-bond acceptors (Lipinski definition) is 3. The number of allylic oxidation sites excluding steroid dienone is 2. The lowest BCUT2D eigenvalue weighted by Crippen LogP contribution is -2.42. The van der Waals surface area contributed by atoms with Crippen molar-refractivity contribution < 1.29 is 14.0 Å². The summed E-state index contributed by atoms with van der Waals surface area (Å²) >= 11 is 0. The van der Waals surface area contributed by atoms with Crippen molar-refractivity contribution in [3.05, 3.63) is 83.7 Å². The minimum Gasteiger partial charge on any atom is -0.277 e. The predicted molar refractivity (Wildman–Crippen MR) is 105 cm³/mol. The Morgan fingerprint density at radius 3 is 2.04 bits per heavy atom. The van der Waals surface area contributed by atoms with Crippen LogP contribution in [-0.2, 0) is 9.59 Å². The Kier molecular flexibility index (Phi) is 5.09. The average molecular weight is 378 g/mol. The molecule has 1 fully saturated rings. The number of benzene rings is 2. The molecule has 0 aromatic heterocycles. The zero-order valence-electron chi connectivity index (χ0n) is 15.8. The average Bonchev–Trinajstić information content (AvgIpc) is 2.96. The molecule has 0 N–H and O–H groups in total.